The normalized spacial score (nSPS) is 28.2. The van der Waals surface area contributed by atoms with Crippen LogP contribution in [0.25, 0.3) is 0 Å². The third-order valence-electron chi connectivity index (χ3n) is 3.78. The second-order valence-corrected chi connectivity index (χ2v) is 5.10. The predicted octanol–water partition coefficient (Wildman–Crippen LogP) is 1.92. The van der Waals surface area contributed by atoms with Crippen molar-refractivity contribution in [1.82, 2.24) is 10.2 Å². The first kappa shape index (κ1) is 11.9. The molecular weight excluding hydrogens is 200 g/mol. The zero-order valence-electron chi connectivity index (χ0n) is 10.2. The van der Waals surface area contributed by atoms with E-state index in [0.717, 1.165) is 26.1 Å². The summed E-state index contributed by atoms with van der Waals surface area (Å²) < 4.78 is 0. The van der Waals surface area contributed by atoms with E-state index >= 15 is 0 Å². The molecule has 2 aliphatic rings. The molecule has 0 bridgehead atoms. The van der Waals surface area contributed by atoms with Gasteiger partial charge in [0.15, 0.2) is 0 Å². The zero-order chi connectivity index (χ0) is 11.2. The minimum atomic E-state index is 0.112. The van der Waals surface area contributed by atoms with E-state index in [-0.39, 0.29) is 6.04 Å². The predicted molar refractivity (Wildman–Crippen MR) is 65.3 cm³/mol. The second kappa shape index (κ2) is 6.24. The van der Waals surface area contributed by atoms with Gasteiger partial charge in [0, 0.05) is 13.1 Å². The van der Waals surface area contributed by atoms with Gasteiger partial charge in [-0.3, -0.25) is 4.79 Å². The maximum absolute atomic E-state index is 12.3. The largest absolute Gasteiger partial charge is 0.341 e. The maximum atomic E-state index is 12.3. The number of amides is 1. The first-order valence-electron chi connectivity index (χ1n) is 6.90. The van der Waals surface area contributed by atoms with Gasteiger partial charge in [0.2, 0.25) is 5.91 Å². The average molecular weight is 224 g/mol. The quantitative estimate of drug-likeness (QED) is 0.738. The van der Waals surface area contributed by atoms with E-state index in [1.165, 1.54) is 44.9 Å². The SMILES string of the molecule is O=C([C@H]1CCCCCN1)N1CCCCCC1. The average Bonchev–Trinajstić information content (AvgIpc) is 2.73. The Morgan fingerprint density at radius 2 is 1.62 bits per heavy atom. The van der Waals surface area contributed by atoms with Gasteiger partial charge < -0.3 is 10.2 Å². The van der Waals surface area contributed by atoms with Crippen molar-refractivity contribution in [3.8, 4) is 0 Å². The molecule has 2 fully saturated rings. The highest BCUT2D eigenvalue weighted by molar-refractivity contribution is 5.81. The van der Waals surface area contributed by atoms with E-state index in [1.54, 1.807) is 0 Å². The van der Waals surface area contributed by atoms with E-state index in [9.17, 15) is 4.79 Å². The summed E-state index contributed by atoms with van der Waals surface area (Å²) in [5, 5.41) is 3.41. The van der Waals surface area contributed by atoms with Crippen LogP contribution in [0.3, 0.4) is 0 Å². The number of rotatable bonds is 1. The molecule has 1 N–H and O–H groups in total. The number of hydrogen-bond donors (Lipinski definition) is 1. The van der Waals surface area contributed by atoms with Gasteiger partial charge in [-0.1, -0.05) is 25.7 Å². The summed E-state index contributed by atoms with van der Waals surface area (Å²) in [4.78, 5) is 14.4. The van der Waals surface area contributed by atoms with Crippen LogP contribution in [0.1, 0.15) is 51.4 Å². The van der Waals surface area contributed by atoms with Crippen molar-refractivity contribution in [2.24, 2.45) is 0 Å². The Labute approximate surface area is 98.6 Å². The summed E-state index contributed by atoms with van der Waals surface area (Å²) in [6, 6.07) is 0.112. The Hall–Kier alpha value is -0.570. The molecule has 92 valence electrons. The fraction of sp³-hybridized carbons (Fsp3) is 0.923. The third-order valence-corrected chi connectivity index (χ3v) is 3.78. The Bertz CT molecular complexity index is 192. The van der Waals surface area contributed by atoms with Gasteiger partial charge in [-0.05, 0) is 32.2 Å². The molecule has 16 heavy (non-hydrogen) atoms. The van der Waals surface area contributed by atoms with Crippen LogP contribution in [-0.4, -0.2) is 36.5 Å². The second-order valence-electron chi connectivity index (χ2n) is 5.10. The molecule has 2 rings (SSSR count). The fourth-order valence-corrected chi connectivity index (χ4v) is 2.75. The van der Waals surface area contributed by atoms with E-state index in [1.807, 2.05) is 0 Å². The standard InChI is InChI=1S/C13H24N2O/c16-13(12-8-4-3-5-9-14-12)15-10-6-1-2-7-11-15/h12,14H,1-11H2/t12-/m1/s1. The van der Waals surface area contributed by atoms with Crippen LogP contribution in [0, 0.1) is 0 Å². The highest BCUT2D eigenvalue weighted by Gasteiger charge is 2.24. The van der Waals surface area contributed by atoms with Crippen molar-refractivity contribution in [2.45, 2.75) is 57.4 Å². The molecule has 0 unspecified atom stereocenters. The molecule has 1 amide bonds. The molecule has 0 aromatic heterocycles. The maximum Gasteiger partial charge on any atom is 0.239 e. The van der Waals surface area contributed by atoms with Crippen molar-refractivity contribution in [1.29, 1.82) is 0 Å². The van der Waals surface area contributed by atoms with Gasteiger partial charge in [-0.15, -0.1) is 0 Å². The molecule has 0 saturated carbocycles. The molecular formula is C13H24N2O. The summed E-state index contributed by atoms with van der Waals surface area (Å²) in [5.41, 5.74) is 0. The van der Waals surface area contributed by atoms with Gasteiger partial charge in [-0.25, -0.2) is 0 Å². The highest BCUT2D eigenvalue weighted by atomic mass is 16.2. The van der Waals surface area contributed by atoms with Crippen LogP contribution >= 0.6 is 0 Å². The van der Waals surface area contributed by atoms with Crippen molar-refractivity contribution < 1.29 is 4.79 Å². The Morgan fingerprint density at radius 3 is 2.38 bits per heavy atom. The molecule has 3 heteroatoms. The van der Waals surface area contributed by atoms with Crippen LogP contribution in [0.15, 0.2) is 0 Å². The first-order valence-corrected chi connectivity index (χ1v) is 6.90. The first-order chi connectivity index (χ1) is 7.88. The number of hydrogen-bond acceptors (Lipinski definition) is 2. The van der Waals surface area contributed by atoms with Gasteiger partial charge in [-0.2, -0.15) is 0 Å². The van der Waals surface area contributed by atoms with Crippen molar-refractivity contribution in [3.63, 3.8) is 0 Å². The highest BCUT2D eigenvalue weighted by Crippen LogP contribution is 2.14. The van der Waals surface area contributed by atoms with Gasteiger partial charge >= 0.3 is 0 Å². The molecule has 0 spiro atoms. The van der Waals surface area contributed by atoms with Gasteiger partial charge in [0.05, 0.1) is 6.04 Å². The number of likely N-dealkylation sites (tertiary alicyclic amines) is 1. The van der Waals surface area contributed by atoms with Gasteiger partial charge in [0.1, 0.15) is 0 Å². The molecule has 0 radical (unpaired) electrons. The number of carbonyl (C=O) groups excluding carboxylic acids is 1. The van der Waals surface area contributed by atoms with Crippen LogP contribution in [0.4, 0.5) is 0 Å². The molecule has 0 aliphatic carbocycles. The molecule has 2 aliphatic heterocycles. The third kappa shape index (κ3) is 3.21. The fourth-order valence-electron chi connectivity index (χ4n) is 2.75. The van der Waals surface area contributed by atoms with E-state index in [4.69, 9.17) is 0 Å². The number of nitrogens with one attached hydrogen (secondary N) is 1. The molecule has 2 saturated heterocycles. The number of nitrogens with zero attached hydrogens (tertiary/aromatic N) is 1. The van der Waals surface area contributed by atoms with Crippen molar-refractivity contribution in [3.05, 3.63) is 0 Å². The smallest absolute Gasteiger partial charge is 0.239 e. The lowest BCUT2D eigenvalue weighted by Crippen LogP contribution is -2.46. The lowest BCUT2D eigenvalue weighted by Gasteiger charge is -2.25. The van der Waals surface area contributed by atoms with E-state index < -0.39 is 0 Å². The lowest BCUT2D eigenvalue weighted by molar-refractivity contribution is -0.133. The number of carbonyl (C=O) groups is 1. The van der Waals surface area contributed by atoms with Crippen LogP contribution in [-0.2, 0) is 4.79 Å². The summed E-state index contributed by atoms with van der Waals surface area (Å²) in [7, 11) is 0. The van der Waals surface area contributed by atoms with Crippen LogP contribution in [0.5, 0.6) is 0 Å². The van der Waals surface area contributed by atoms with Gasteiger partial charge in [0.25, 0.3) is 0 Å². The molecule has 0 aromatic rings. The monoisotopic (exact) mass is 224 g/mol. The Kier molecular flexibility index (Phi) is 4.64. The molecule has 3 nitrogen and oxygen atoms in total. The van der Waals surface area contributed by atoms with Crippen molar-refractivity contribution in [2.75, 3.05) is 19.6 Å². The Balaban J connectivity index is 1.88. The summed E-state index contributed by atoms with van der Waals surface area (Å²) >= 11 is 0. The van der Waals surface area contributed by atoms with Crippen LogP contribution in [0.2, 0.25) is 0 Å². The van der Waals surface area contributed by atoms with Crippen molar-refractivity contribution >= 4 is 5.91 Å². The van der Waals surface area contributed by atoms with Crippen LogP contribution < -0.4 is 5.32 Å². The Morgan fingerprint density at radius 1 is 0.938 bits per heavy atom. The van der Waals surface area contributed by atoms with E-state index in [0.29, 0.717) is 5.91 Å². The minimum absolute atomic E-state index is 0.112. The topological polar surface area (TPSA) is 32.3 Å². The molecule has 2 heterocycles. The minimum Gasteiger partial charge on any atom is -0.341 e. The molecule has 0 aromatic carbocycles. The molecule has 1 atom stereocenters. The summed E-state index contributed by atoms with van der Waals surface area (Å²) in [5.74, 6) is 0.365. The van der Waals surface area contributed by atoms with E-state index in [2.05, 4.69) is 10.2 Å². The lowest BCUT2D eigenvalue weighted by atomic mass is 10.1. The summed E-state index contributed by atoms with van der Waals surface area (Å²) in [6.07, 6.45) is 9.72. The summed E-state index contributed by atoms with van der Waals surface area (Å²) in [6.45, 7) is 2.98. The zero-order valence-corrected chi connectivity index (χ0v) is 10.2.